The first-order valence-electron chi connectivity index (χ1n) is 6.65. The summed E-state index contributed by atoms with van der Waals surface area (Å²) in [5.74, 6) is -4.91. The topological polar surface area (TPSA) is 282 Å². The molecule has 18 nitrogen and oxygen atoms in total. The van der Waals surface area contributed by atoms with Crippen LogP contribution in [0.2, 0.25) is 0 Å². The molecule has 6 N–H and O–H groups in total. The molecule has 0 aliphatic carbocycles. The number of carbonyl (C=O) groups is 4. The molecule has 0 aromatic heterocycles. The second kappa shape index (κ2) is 16.7. The molecule has 162 valence electrons. The summed E-state index contributed by atoms with van der Waals surface area (Å²) in [7, 11) is 0. The number of carboxylic acid groups (broad SMARTS) is 4. The van der Waals surface area contributed by atoms with Gasteiger partial charge in [0, 0.05) is 13.1 Å². The summed E-state index contributed by atoms with van der Waals surface area (Å²) in [6.45, 7) is -2.25. The van der Waals surface area contributed by atoms with Gasteiger partial charge in [-0.1, -0.05) is 0 Å². The third-order valence-electron chi connectivity index (χ3n) is 2.17. The molecule has 0 atom stereocenters. The lowest BCUT2D eigenvalue weighted by molar-refractivity contribution is -0.742. The minimum absolute atomic E-state index is 0.0703. The number of hydrogen-bond donors (Lipinski definition) is 6. The normalized spacial score (nSPS) is 9.36. The minimum atomic E-state index is -1.50. The van der Waals surface area contributed by atoms with E-state index in [0.717, 1.165) is 9.80 Å². The summed E-state index contributed by atoms with van der Waals surface area (Å²) in [5.41, 5.74) is 0. The molecule has 0 rings (SSSR count). The molecule has 0 bridgehead atoms. The van der Waals surface area contributed by atoms with Crippen LogP contribution in [0.5, 0.6) is 0 Å². The van der Waals surface area contributed by atoms with Crippen LogP contribution in [-0.4, -0.2) is 114 Å². The maximum Gasteiger partial charge on any atom is 0.317 e. The van der Waals surface area contributed by atoms with Crippen molar-refractivity contribution in [3.63, 3.8) is 0 Å². The number of rotatable bonds is 11. The van der Waals surface area contributed by atoms with Gasteiger partial charge in [0.2, 0.25) is 0 Å². The van der Waals surface area contributed by atoms with Gasteiger partial charge in [0.25, 0.3) is 10.2 Å². The van der Waals surface area contributed by atoms with Crippen LogP contribution in [-0.2, 0) is 19.2 Å². The van der Waals surface area contributed by atoms with E-state index >= 15 is 0 Å². The Bertz CT molecular complexity index is 464. The second-order valence-electron chi connectivity index (χ2n) is 4.47. The maximum absolute atomic E-state index is 10.6. The van der Waals surface area contributed by atoms with Gasteiger partial charge >= 0.3 is 23.9 Å². The van der Waals surface area contributed by atoms with Gasteiger partial charge in [0.15, 0.2) is 0 Å². The molecule has 0 aromatic rings. The molecule has 0 aliphatic rings. The summed E-state index contributed by atoms with van der Waals surface area (Å²) in [6.07, 6.45) is 0. The summed E-state index contributed by atoms with van der Waals surface area (Å²) >= 11 is 0. The third-order valence-corrected chi connectivity index (χ3v) is 2.17. The fourth-order valence-corrected chi connectivity index (χ4v) is 1.48. The Morgan fingerprint density at radius 1 is 0.607 bits per heavy atom. The van der Waals surface area contributed by atoms with Crippen molar-refractivity contribution in [2.24, 2.45) is 0 Å². The SMILES string of the molecule is O=C(O)CN(CCN(CC(=O)O)CC(=O)O)CC(=O)O.O=[N+]([O-])O.O=[N+]([O-])O. The van der Waals surface area contributed by atoms with Gasteiger partial charge in [0.05, 0.1) is 26.2 Å². The second-order valence-corrected chi connectivity index (χ2v) is 4.47. The predicted octanol–water partition coefficient (Wildman–Crippen LogP) is -2.77. The number of nitrogens with zero attached hydrogens (tertiary/aromatic N) is 4. The van der Waals surface area contributed by atoms with Crippen LogP contribution >= 0.6 is 0 Å². The van der Waals surface area contributed by atoms with E-state index in [1.165, 1.54) is 0 Å². The zero-order valence-electron chi connectivity index (χ0n) is 14.0. The Labute approximate surface area is 154 Å². The molecule has 0 radical (unpaired) electrons. The number of hydrogen-bond acceptors (Lipinski definition) is 10. The van der Waals surface area contributed by atoms with E-state index in [0.29, 0.717) is 0 Å². The van der Waals surface area contributed by atoms with E-state index in [2.05, 4.69) is 0 Å². The van der Waals surface area contributed by atoms with Crippen LogP contribution in [0, 0.1) is 20.2 Å². The largest absolute Gasteiger partial charge is 0.480 e. The first-order chi connectivity index (χ1) is 12.7. The Kier molecular flexibility index (Phi) is 17.2. The first-order valence-corrected chi connectivity index (χ1v) is 6.65. The van der Waals surface area contributed by atoms with Gasteiger partial charge in [-0.15, -0.1) is 20.2 Å². The molecule has 0 saturated carbocycles. The summed E-state index contributed by atoms with van der Waals surface area (Å²) in [4.78, 5) is 61.1. The van der Waals surface area contributed by atoms with Crippen molar-refractivity contribution in [2.75, 3.05) is 39.3 Å². The van der Waals surface area contributed by atoms with Crippen molar-refractivity contribution in [2.45, 2.75) is 0 Å². The Morgan fingerprint density at radius 3 is 0.857 bits per heavy atom. The van der Waals surface area contributed by atoms with Gasteiger partial charge in [-0.2, -0.15) is 0 Å². The maximum atomic E-state index is 10.6. The standard InChI is InChI=1S/C10H16N2O8.2HNO3/c13-7(14)3-11(4-8(15)16)1-2-12(5-9(17)18)6-10(19)20;2*2-1(3)4/h1-6H2,(H,13,14)(H,15,16)(H,17,18)(H,19,20);2*(H,2,3,4). The number of aliphatic carboxylic acids is 4. The smallest absolute Gasteiger partial charge is 0.317 e. The number of carboxylic acids is 4. The molecule has 0 aliphatic heterocycles. The van der Waals surface area contributed by atoms with Crippen molar-refractivity contribution < 1.29 is 60.2 Å². The lowest BCUT2D eigenvalue weighted by Crippen LogP contribution is -2.43. The highest BCUT2D eigenvalue weighted by atomic mass is 16.9. The quantitative estimate of drug-likeness (QED) is 0.146. The molecular formula is C10H18N4O14. The highest BCUT2D eigenvalue weighted by molar-refractivity contribution is 5.73. The Balaban J connectivity index is -0.000000656. The molecular weight excluding hydrogens is 400 g/mol. The van der Waals surface area contributed by atoms with E-state index in [-0.39, 0.29) is 13.1 Å². The van der Waals surface area contributed by atoms with Gasteiger partial charge in [-0.25, -0.2) is 0 Å². The van der Waals surface area contributed by atoms with Gasteiger partial charge < -0.3 is 30.8 Å². The lowest BCUT2D eigenvalue weighted by atomic mass is 10.4. The van der Waals surface area contributed by atoms with Crippen LogP contribution in [0.25, 0.3) is 0 Å². The van der Waals surface area contributed by atoms with Crippen molar-refractivity contribution in [3.8, 4) is 0 Å². The van der Waals surface area contributed by atoms with Crippen LogP contribution in [0.4, 0.5) is 0 Å². The van der Waals surface area contributed by atoms with E-state index in [1.54, 1.807) is 0 Å². The van der Waals surface area contributed by atoms with Gasteiger partial charge in [-0.3, -0.25) is 29.0 Å². The highest BCUT2D eigenvalue weighted by Crippen LogP contribution is 1.94. The fourth-order valence-electron chi connectivity index (χ4n) is 1.48. The Hall–Kier alpha value is -3.80. The predicted molar refractivity (Wildman–Crippen MR) is 81.0 cm³/mol. The van der Waals surface area contributed by atoms with Gasteiger partial charge in [-0.05, 0) is 0 Å². The van der Waals surface area contributed by atoms with Crippen molar-refractivity contribution in [1.29, 1.82) is 0 Å². The molecule has 28 heavy (non-hydrogen) atoms. The molecule has 0 amide bonds. The van der Waals surface area contributed by atoms with E-state index < -0.39 is 60.2 Å². The van der Waals surface area contributed by atoms with E-state index in [1.807, 2.05) is 0 Å². The van der Waals surface area contributed by atoms with Crippen molar-refractivity contribution in [1.82, 2.24) is 9.80 Å². The lowest BCUT2D eigenvalue weighted by Gasteiger charge is -2.23. The monoisotopic (exact) mass is 418 g/mol. The molecule has 0 spiro atoms. The van der Waals surface area contributed by atoms with Crippen LogP contribution < -0.4 is 0 Å². The first kappa shape index (κ1) is 29.0. The van der Waals surface area contributed by atoms with Crippen LogP contribution in [0.3, 0.4) is 0 Å². The minimum Gasteiger partial charge on any atom is -0.480 e. The molecule has 18 heteroatoms. The molecule has 0 aromatic carbocycles. The molecule has 0 saturated heterocycles. The Morgan fingerprint density at radius 2 is 0.750 bits per heavy atom. The molecule has 0 heterocycles. The zero-order chi connectivity index (χ0) is 22.9. The zero-order valence-corrected chi connectivity index (χ0v) is 14.0. The molecule has 0 unspecified atom stereocenters. The van der Waals surface area contributed by atoms with Crippen molar-refractivity contribution >= 4 is 23.9 Å². The third kappa shape index (κ3) is 33.7. The molecule has 0 fully saturated rings. The van der Waals surface area contributed by atoms with Crippen molar-refractivity contribution in [3.05, 3.63) is 20.2 Å². The highest BCUT2D eigenvalue weighted by Gasteiger charge is 2.17. The van der Waals surface area contributed by atoms with E-state index in [9.17, 15) is 19.2 Å². The average molecular weight is 418 g/mol. The van der Waals surface area contributed by atoms with Crippen LogP contribution in [0.15, 0.2) is 0 Å². The van der Waals surface area contributed by atoms with Gasteiger partial charge in [0.1, 0.15) is 0 Å². The summed E-state index contributed by atoms with van der Waals surface area (Å²) < 4.78 is 0. The fraction of sp³-hybridized carbons (Fsp3) is 0.600. The van der Waals surface area contributed by atoms with E-state index in [4.69, 9.17) is 51.1 Å². The summed E-state index contributed by atoms with van der Waals surface area (Å²) in [5, 5.41) is 61.7. The summed E-state index contributed by atoms with van der Waals surface area (Å²) in [6, 6.07) is 0. The van der Waals surface area contributed by atoms with Crippen LogP contribution in [0.1, 0.15) is 0 Å². The average Bonchev–Trinajstić information content (AvgIpc) is 2.40.